The van der Waals surface area contributed by atoms with Crippen LogP contribution in [0.1, 0.15) is 30.1 Å². The van der Waals surface area contributed by atoms with Crippen LogP contribution in [0.5, 0.6) is 5.75 Å². The van der Waals surface area contributed by atoms with Gasteiger partial charge in [-0.1, -0.05) is 19.4 Å². The molecule has 5 nitrogen and oxygen atoms in total. The second-order valence-corrected chi connectivity index (χ2v) is 5.11. The van der Waals surface area contributed by atoms with E-state index < -0.39 is 6.09 Å². The highest BCUT2D eigenvalue weighted by molar-refractivity contribution is 6.02. The fourth-order valence-corrected chi connectivity index (χ4v) is 2.28. The van der Waals surface area contributed by atoms with Gasteiger partial charge in [0, 0.05) is 32.4 Å². The zero-order valence-electron chi connectivity index (χ0n) is 12.6. The summed E-state index contributed by atoms with van der Waals surface area (Å²) in [5.41, 5.74) is 1.38. The molecule has 0 spiro atoms. The lowest BCUT2D eigenvalue weighted by atomic mass is 10.2. The van der Waals surface area contributed by atoms with Crippen molar-refractivity contribution in [3.05, 3.63) is 30.0 Å². The summed E-state index contributed by atoms with van der Waals surface area (Å²) in [7, 11) is 3.57. The highest BCUT2D eigenvalue weighted by Gasteiger charge is 2.16. The number of fused-ring (bicyclic) bond motifs is 1. The third-order valence-corrected chi connectivity index (χ3v) is 3.49. The minimum atomic E-state index is -0.406. The van der Waals surface area contributed by atoms with Crippen LogP contribution >= 0.6 is 0 Å². The maximum Gasteiger partial charge on any atom is 0.414 e. The number of amides is 1. The van der Waals surface area contributed by atoms with Gasteiger partial charge in [-0.3, -0.25) is 4.79 Å². The monoisotopic (exact) mass is 288 g/mol. The molecule has 0 bridgehead atoms. The molecule has 21 heavy (non-hydrogen) atoms. The van der Waals surface area contributed by atoms with Crippen molar-refractivity contribution >= 4 is 23.3 Å². The molecule has 0 N–H and O–H groups in total. The van der Waals surface area contributed by atoms with Crippen molar-refractivity contribution in [1.29, 1.82) is 0 Å². The largest absolute Gasteiger partial charge is 0.414 e. The number of ether oxygens (including phenoxy) is 1. The fraction of sp³-hybridized carbons (Fsp3) is 0.375. The fourth-order valence-electron chi connectivity index (χ4n) is 2.28. The van der Waals surface area contributed by atoms with Crippen LogP contribution in [0.3, 0.4) is 0 Å². The van der Waals surface area contributed by atoms with Gasteiger partial charge in [0.15, 0.2) is 6.29 Å². The molecule has 5 heteroatoms. The molecule has 1 amide bonds. The number of benzene rings is 1. The van der Waals surface area contributed by atoms with E-state index in [2.05, 4.69) is 6.92 Å². The van der Waals surface area contributed by atoms with Crippen LogP contribution in [-0.4, -0.2) is 35.4 Å². The van der Waals surface area contributed by atoms with Crippen LogP contribution in [0.2, 0.25) is 0 Å². The molecule has 1 aromatic carbocycles. The molecule has 0 saturated carbocycles. The lowest BCUT2D eigenvalue weighted by Gasteiger charge is -2.16. The summed E-state index contributed by atoms with van der Waals surface area (Å²) in [5.74, 6) is 0.420. The minimum Gasteiger partial charge on any atom is -0.409 e. The van der Waals surface area contributed by atoms with Gasteiger partial charge in [-0.2, -0.15) is 0 Å². The molecule has 2 rings (SSSR count). The van der Waals surface area contributed by atoms with Crippen LogP contribution in [-0.2, 0) is 7.05 Å². The van der Waals surface area contributed by atoms with Gasteiger partial charge in [0.2, 0.25) is 0 Å². The second kappa shape index (κ2) is 6.43. The van der Waals surface area contributed by atoms with Crippen LogP contribution in [0.15, 0.2) is 24.4 Å². The Morgan fingerprint density at radius 3 is 2.86 bits per heavy atom. The maximum absolute atomic E-state index is 12.1. The van der Waals surface area contributed by atoms with Crippen LogP contribution in [0.25, 0.3) is 10.9 Å². The van der Waals surface area contributed by atoms with Gasteiger partial charge in [-0.25, -0.2) is 4.79 Å². The van der Waals surface area contributed by atoms with Gasteiger partial charge >= 0.3 is 6.09 Å². The van der Waals surface area contributed by atoms with Crippen molar-refractivity contribution in [1.82, 2.24) is 9.47 Å². The molecule has 0 unspecified atom stereocenters. The molecular weight excluding hydrogens is 268 g/mol. The summed E-state index contributed by atoms with van der Waals surface area (Å²) < 4.78 is 7.30. The van der Waals surface area contributed by atoms with Crippen molar-refractivity contribution in [2.45, 2.75) is 19.8 Å². The zero-order valence-corrected chi connectivity index (χ0v) is 12.6. The zero-order chi connectivity index (χ0) is 15.4. The molecule has 2 aromatic rings. The lowest BCUT2D eigenvalue weighted by molar-refractivity contribution is 0.112. The molecule has 0 aliphatic carbocycles. The maximum atomic E-state index is 12.1. The van der Waals surface area contributed by atoms with Crippen LogP contribution < -0.4 is 4.74 Å². The summed E-state index contributed by atoms with van der Waals surface area (Å²) in [6.07, 6.45) is 4.05. The van der Waals surface area contributed by atoms with E-state index in [-0.39, 0.29) is 0 Å². The molecule has 1 aromatic heterocycles. The van der Waals surface area contributed by atoms with Gasteiger partial charge in [-0.05, 0) is 18.6 Å². The number of aromatic nitrogens is 1. The predicted molar refractivity (Wildman–Crippen MR) is 81.9 cm³/mol. The Balaban J connectivity index is 2.30. The molecule has 0 fully saturated rings. The Kier molecular flexibility index (Phi) is 4.62. The minimum absolute atomic E-state index is 0.406. The normalized spacial score (nSPS) is 10.6. The van der Waals surface area contributed by atoms with Gasteiger partial charge < -0.3 is 14.2 Å². The Hall–Kier alpha value is -2.30. The van der Waals surface area contributed by atoms with Crippen LogP contribution in [0, 0.1) is 0 Å². The number of aryl methyl sites for hydroxylation is 1. The van der Waals surface area contributed by atoms with Crippen molar-refractivity contribution in [2.75, 3.05) is 13.6 Å². The smallest absolute Gasteiger partial charge is 0.409 e. The number of hydrogen-bond donors (Lipinski definition) is 0. The van der Waals surface area contributed by atoms with Crippen molar-refractivity contribution in [3.63, 3.8) is 0 Å². The molecule has 1 heterocycles. The standard InChI is InChI=1S/C16H20N2O3/c1-4-5-9-17(2)16(20)21-14-8-6-7-13-15(14)12(11-19)10-18(13)3/h6-8,10-11H,4-5,9H2,1-3H3. The summed E-state index contributed by atoms with van der Waals surface area (Å²) in [6, 6.07) is 5.41. The van der Waals surface area contributed by atoms with Crippen molar-refractivity contribution in [2.24, 2.45) is 7.05 Å². The van der Waals surface area contributed by atoms with E-state index >= 15 is 0 Å². The number of unbranched alkanes of at least 4 members (excludes halogenated alkanes) is 1. The van der Waals surface area contributed by atoms with E-state index in [0.717, 1.165) is 24.6 Å². The number of carbonyl (C=O) groups excluding carboxylic acids is 2. The Bertz CT molecular complexity index is 661. The van der Waals surface area contributed by atoms with Crippen molar-refractivity contribution < 1.29 is 14.3 Å². The quantitative estimate of drug-likeness (QED) is 0.794. The van der Waals surface area contributed by atoms with Gasteiger partial charge in [0.1, 0.15) is 5.75 Å². The first-order chi connectivity index (χ1) is 10.1. The van der Waals surface area contributed by atoms with E-state index in [0.29, 0.717) is 23.2 Å². The molecular formula is C16H20N2O3. The topological polar surface area (TPSA) is 51.5 Å². The number of nitrogens with zero attached hydrogens (tertiary/aromatic N) is 2. The molecule has 0 aliphatic heterocycles. The first-order valence-corrected chi connectivity index (χ1v) is 7.04. The second-order valence-electron chi connectivity index (χ2n) is 5.11. The first-order valence-electron chi connectivity index (χ1n) is 7.04. The highest BCUT2D eigenvalue weighted by Crippen LogP contribution is 2.29. The summed E-state index contributed by atoms with van der Waals surface area (Å²) in [4.78, 5) is 24.8. The third-order valence-electron chi connectivity index (χ3n) is 3.49. The van der Waals surface area contributed by atoms with E-state index in [4.69, 9.17) is 4.74 Å². The summed E-state index contributed by atoms with van der Waals surface area (Å²) in [6.45, 7) is 2.72. The van der Waals surface area contributed by atoms with Crippen molar-refractivity contribution in [3.8, 4) is 5.75 Å². The third kappa shape index (κ3) is 3.07. The number of carbonyl (C=O) groups is 2. The molecule has 0 saturated heterocycles. The predicted octanol–water partition coefficient (Wildman–Crippen LogP) is 3.22. The number of aldehydes is 1. The van der Waals surface area contributed by atoms with Crippen LogP contribution in [0.4, 0.5) is 4.79 Å². The average Bonchev–Trinajstić information content (AvgIpc) is 2.82. The Morgan fingerprint density at radius 1 is 1.43 bits per heavy atom. The number of hydrogen-bond acceptors (Lipinski definition) is 3. The highest BCUT2D eigenvalue weighted by atomic mass is 16.6. The molecule has 0 atom stereocenters. The molecule has 0 aliphatic rings. The Labute approximate surface area is 124 Å². The van der Waals surface area contributed by atoms with E-state index in [1.165, 1.54) is 0 Å². The molecule has 112 valence electrons. The SMILES string of the molecule is CCCCN(C)C(=O)Oc1cccc2c1c(C=O)cn2C. The Morgan fingerprint density at radius 2 is 2.19 bits per heavy atom. The summed E-state index contributed by atoms with van der Waals surface area (Å²) >= 11 is 0. The van der Waals surface area contributed by atoms with E-state index in [9.17, 15) is 9.59 Å². The lowest BCUT2D eigenvalue weighted by Crippen LogP contribution is -2.30. The van der Waals surface area contributed by atoms with Gasteiger partial charge in [0.05, 0.1) is 10.9 Å². The van der Waals surface area contributed by atoms with E-state index in [1.807, 2.05) is 23.7 Å². The molecule has 0 radical (unpaired) electrons. The first kappa shape index (κ1) is 15.1. The number of rotatable bonds is 5. The summed E-state index contributed by atoms with van der Waals surface area (Å²) in [5, 5.41) is 0.673. The van der Waals surface area contributed by atoms with Gasteiger partial charge in [-0.15, -0.1) is 0 Å². The van der Waals surface area contributed by atoms with E-state index in [1.54, 1.807) is 24.2 Å². The van der Waals surface area contributed by atoms with Gasteiger partial charge in [0.25, 0.3) is 0 Å². The average molecular weight is 288 g/mol.